The second-order valence-electron chi connectivity index (χ2n) is 5.14. The largest absolute Gasteiger partial charge is 0.296 e. The number of halogens is 1. The van der Waals surface area contributed by atoms with Crippen molar-refractivity contribution in [1.82, 2.24) is 10.2 Å². The summed E-state index contributed by atoms with van der Waals surface area (Å²) in [7, 11) is -2.49. The number of hydrogen-bond acceptors (Lipinski definition) is 6. The zero-order valence-electron chi connectivity index (χ0n) is 13.5. The minimum atomic E-state index is -3.90. The number of anilines is 2. The molecular formula is C16H13FN4O3S2. The van der Waals surface area contributed by atoms with Gasteiger partial charge in [-0.1, -0.05) is 29.5 Å². The Hall–Kier alpha value is -2.85. The van der Waals surface area contributed by atoms with E-state index in [2.05, 4.69) is 15.5 Å². The van der Waals surface area contributed by atoms with E-state index in [0.717, 1.165) is 27.8 Å². The van der Waals surface area contributed by atoms with Crippen molar-refractivity contribution in [2.24, 2.45) is 0 Å². The van der Waals surface area contributed by atoms with E-state index in [4.69, 9.17) is 0 Å². The van der Waals surface area contributed by atoms with Crippen molar-refractivity contribution in [3.63, 3.8) is 0 Å². The van der Waals surface area contributed by atoms with Crippen molar-refractivity contribution in [1.29, 1.82) is 0 Å². The van der Waals surface area contributed by atoms with Gasteiger partial charge >= 0.3 is 0 Å². The molecule has 0 atom stereocenters. The van der Waals surface area contributed by atoms with Crippen LogP contribution in [0.15, 0.2) is 58.9 Å². The quantitative estimate of drug-likeness (QED) is 0.674. The molecule has 1 N–H and O–H groups in total. The highest BCUT2D eigenvalue weighted by Gasteiger charge is 2.26. The molecule has 7 nitrogen and oxygen atoms in total. The van der Waals surface area contributed by atoms with Crippen LogP contribution < -0.4 is 9.62 Å². The van der Waals surface area contributed by atoms with Gasteiger partial charge in [0.1, 0.15) is 5.82 Å². The Morgan fingerprint density at radius 3 is 2.38 bits per heavy atom. The highest BCUT2D eigenvalue weighted by atomic mass is 32.2. The number of benzene rings is 2. The maximum absolute atomic E-state index is 12.9. The van der Waals surface area contributed by atoms with Crippen LogP contribution in [0.1, 0.15) is 10.4 Å². The molecule has 26 heavy (non-hydrogen) atoms. The number of sulfonamides is 1. The van der Waals surface area contributed by atoms with Crippen LogP contribution in [0.3, 0.4) is 0 Å². The molecule has 0 aliphatic heterocycles. The summed E-state index contributed by atoms with van der Waals surface area (Å²) in [6, 6.07) is 13.4. The first-order valence-corrected chi connectivity index (χ1v) is 9.58. The number of carbonyl (C=O) groups is 1. The van der Waals surface area contributed by atoms with E-state index in [9.17, 15) is 17.6 Å². The van der Waals surface area contributed by atoms with Gasteiger partial charge in [0, 0.05) is 12.6 Å². The Kier molecular flexibility index (Phi) is 4.96. The number of amides is 1. The minimum absolute atomic E-state index is 0.0272. The fourth-order valence-electron chi connectivity index (χ4n) is 2.03. The first-order valence-electron chi connectivity index (χ1n) is 7.32. The third-order valence-electron chi connectivity index (χ3n) is 3.43. The van der Waals surface area contributed by atoms with E-state index in [1.54, 1.807) is 30.3 Å². The molecular weight excluding hydrogens is 379 g/mol. The van der Waals surface area contributed by atoms with Crippen LogP contribution in [0.25, 0.3) is 0 Å². The van der Waals surface area contributed by atoms with Crippen molar-refractivity contribution in [2.45, 2.75) is 4.34 Å². The predicted molar refractivity (Wildman–Crippen MR) is 96.3 cm³/mol. The molecule has 0 aliphatic rings. The van der Waals surface area contributed by atoms with Crippen LogP contribution in [-0.2, 0) is 10.0 Å². The van der Waals surface area contributed by atoms with Gasteiger partial charge in [0.05, 0.1) is 5.69 Å². The first kappa shape index (κ1) is 18.0. The molecule has 1 amide bonds. The van der Waals surface area contributed by atoms with Gasteiger partial charge in [-0.25, -0.2) is 4.39 Å². The predicted octanol–water partition coefficient (Wildman–Crippen LogP) is 2.75. The van der Waals surface area contributed by atoms with E-state index in [1.165, 1.54) is 19.2 Å². The summed E-state index contributed by atoms with van der Waals surface area (Å²) in [6.07, 6.45) is 0. The van der Waals surface area contributed by atoms with Gasteiger partial charge in [-0.2, -0.15) is 8.42 Å². The van der Waals surface area contributed by atoms with Crippen LogP contribution in [0.2, 0.25) is 0 Å². The fourth-order valence-corrected chi connectivity index (χ4v) is 4.27. The summed E-state index contributed by atoms with van der Waals surface area (Å²) in [6.45, 7) is 0. The molecule has 10 heteroatoms. The van der Waals surface area contributed by atoms with Gasteiger partial charge in [-0.15, -0.1) is 10.2 Å². The number of para-hydroxylation sites is 1. The van der Waals surface area contributed by atoms with Crippen molar-refractivity contribution in [3.8, 4) is 0 Å². The third kappa shape index (κ3) is 3.70. The van der Waals surface area contributed by atoms with Crippen molar-refractivity contribution >= 4 is 38.1 Å². The third-order valence-corrected chi connectivity index (χ3v) is 6.40. The molecule has 3 aromatic rings. The number of nitrogens with one attached hydrogen (secondary N) is 1. The molecule has 1 aromatic heterocycles. The second-order valence-corrected chi connectivity index (χ2v) is 8.26. The minimum Gasteiger partial charge on any atom is -0.296 e. The maximum atomic E-state index is 12.9. The van der Waals surface area contributed by atoms with E-state index in [1.807, 2.05) is 0 Å². The van der Waals surface area contributed by atoms with Gasteiger partial charge in [-0.05, 0) is 36.4 Å². The Morgan fingerprint density at radius 2 is 1.73 bits per heavy atom. The highest BCUT2D eigenvalue weighted by molar-refractivity contribution is 7.94. The average molecular weight is 392 g/mol. The van der Waals surface area contributed by atoms with Crippen LogP contribution in [0, 0.1) is 5.82 Å². The monoisotopic (exact) mass is 392 g/mol. The zero-order valence-corrected chi connectivity index (χ0v) is 15.1. The molecule has 0 saturated heterocycles. The average Bonchev–Trinajstić information content (AvgIpc) is 3.11. The molecule has 0 unspecified atom stereocenters. The van der Waals surface area contributed by atoms with E-state index in [-0.39, 0.29) is 15.0 Å². The maximum Gasteiger partial charge on any atom is 0.293 e. The summed E-state index contributed by atoms with van der Waals surface area (Å²) in [5.74, 6) is -1.00. The van der Waals surface area contributed by atoms with Crippen LogP contribution in [0.5, 0.6) is 0 Å². The zero-order chi connectivity index (χ0) is 18.7. The number of hydrogen-bond donors (Lipinski definition) is 1. The van der Waals surface area contributed by atoms with Gasteiger partial charge in [0.2, 0.25) is 5.13 Å². The van der Waals surface area contributed by atoms with E-state index in [0.29, 0.717) is 5.69 Å². The van der Waals surface area contributed by atoms with Crippen LogP contribution >= 0.6 is 11.3 Å². The lowest BCUT2D eigenvalue weighted by molar-refractivity contribution is 0.102. The number of aromatic nitrogens is 2. The highest BCUT2D eigenvalue weighted by Crippen LogP contribution is 2.26. The first-order chi connectivity index (χ1) is 12.4. The molecule has 3 rings (SSSR count). The number of rotatable bonds is 5. The van der Waals surface area contributed by atoms with Gasteiger partial charge in [0.25, 0.3) is 20.3 Å². The molecule has 0 aliphatic carbocycles. The topological polar surface area (TPSA) is 92.3 Å². The van der Waals surface area contributed by atoms with E-state index < -0.39 is 21.7 Å². The summed E-state index contributed by atoms with van der Waals surface area (Å²) in [4.78, 5) is 12.1. The molecule has 134 valence electrons. The Labute approximate surface area is 153 Å². The van der Waals surface area contributed by atoms with Gasteiger partial charge in [-0.3, -0.25) is 14.4 Å². The smallest absolute Gasteiger partial charge is 0.293 e. The van der Waals surface area contributed by atoms with Crippen molar-refractivity contribution < 1.29 is 17.6 Å². The van der Waals surface area contributed by atoms with Crippen LogP contribution in [0.4, 0.5) is 15.2 Å². The Morgan fingerprint density at radius 1 is 1.08 bits per heavy atom. The molecule has 0 fully saturated rings. The lowest BCUT2D eigenvalue weighted by Crippen LogP contribution is -2.26. The molecule has 0 spiro atoms. The van der Waals surface area contributed by atoms with Crippen LogP contribution in [-0.4, -0.2) is 31.6 Å². The Balaban J connectivity index is 1.78. The molecule has 1 heterocycles. The summed E-state index contributed by atoms with van der Waals surface area (Å²) in [5, 5.41) is 9.83. The molecule has 2 aromatic carbocycles. The van der Waals surface area contributed by atoms with Crippen molar-refractivity contribution in [2.75, 3.05) is 16.7 Å². The molecule has 0 radical (unpaired) electrons. The lowest BCUT2D eigenvalue weighted by Gasteiger charge is -2.16. The number of nitrogens with zero attached hydrogens (tertiary/aromatic N) is 3. The molecule has 0 bridgehead atoms. The summed E-state index contributed by atoms with van der Waals surface area (Å²) in [5.41, 5.74) is 0.687. The summed E-state index contributed by atoms with van der Waals surface area (Å²) >= 11 is 0.731. The van der Waals surface area contributed by atoms with Gasteiger partial charge in [0.15, 0.2) is 0 Å². The lowest BCUT2D eigenvalue weighted by atomic mass is 10.2. The Bertz CT molecular complexity index is 1020. The second kappa shape index (κ2) is 7.18. The fraction of sp³-hybridized carbons (Fsp3) is 0.0625. The summed E-state index contributed by atoms with van der Waals surface area (Å²) < 4.78 is 39.0. The number of carbonyl (C=O) groups excluding carboxylic acids is 1. The normalized spacial score (nSPS) is 11.2. The van der Waals surface area contributed by atoms with Crippen molar-refractivity contribution in [3.05, 3.63) is 66.0 Å². The van der Waals surface area contributed by atoms with Gasteiger partial charge < -0.3 is 0 Å². The molecule has 0 saturated carbocycles. The van der Waals surface area contributed by atoms with E-state index >= 15 is 0 Å². The standard InChI is InChI=1S/C16H13FN4O3S2/c1-21(13-5-3-2-4-6-13)26(23,24)16-20-19-15(25-16)18-14(22)11-7-9-12(17)10-8-11/h2-10H,1H3,(H,18,19,22). The SMILES string of the molecule is CN(c1ccccc1)S(=O)(=O)c1nnc(NC(=O)c2ccc(F)cc2)s1.